The summed E-state index contributed by atoms with van der Waals surface area (Å²) in [6.07, 6.45) is 6.63. The van der Waals surface area contributed by atoms with E-state index in [1.54, 1.807) is 24.7 Å². The van der Waals surface area contributed by atoms with Crippen LogP contribution in [0.1, 0.15) is 23.2 Å². The monoisotopic (exact) mass is 334 g/mol. The fraction of sp³-hybridized carbons (Fsp3) is 0.375. The summed E-state index contributed by atoms with van der Waals surface area (Å²) in [7, 11) is 0. The molecule has 1 aliphatic rings. The Balaban J connectivity index is 1.84. The highest BCUT2D eigenvalue weighted by molar-refractivity contribution is 6.18. The summed E-state index contributed by atoms with van der Waals surface area (Å²) in [4.78, 5) is 16.3. The number of carbonyl (C=O) groups is 1. The number of aromatic nitrogens is 2. The standard InChI is InChI=1S/C16H19ClN4O2/c17-8-13(22)9-19-14-7-11(16(23)20-12-2-3-12)1-4-15(14)21-6-5-18-10-21/h1,4-7,10,12-13,19,22H,2-3,8-9H2,(H,20,23). The molecule has 1 saturated carbocycles. The van der Waals surface area contributed by atoms with Gasteiger partial charge >= 0.3 is 0 Å². The SMILES string of the molecule is O=C(NC1CC1)c1ccc(-n2ccnc2)c(NCC(O)CCl)c1. The van der Waals surface area contributed by atoms with Crippen molar-refractivity contribution in [1.29, 1.82) is 0 Å². The highest BCUT2D eigenvalue weighted by Gasteiger charge is 2.24. The predicted molar refractivity (Wildman–Crippen MR) is 89.3 cm³/mol. The molecule has 1 aliphatic carbocycles. The van der Waals surface area contributed by atoms with E-state index in [1.807, 2.05) is 16.8 Å². The molecule has 1 unspecified atom stereocenters. The first kappa shape index (κ1) is 15.8. The van der Waals surface area contributed by atoms with Gasteiger partial charge in [-0.25, -0.2) is 4.98 Å². The number of rotatable bonds is 7. The smallest absolute Gasteiger partial charge is 0.251 e. The maximum absolute atomic E-state index is 12.2. The molecule has 1 fully saturated rings. The molecule has 1 amide bonds. The first-order chi connectivity index (χ1) is 11.2. The van der Waals surface area contributed by atoms with E-state index in [0.717, 1.165) is 24.2 Å². The number of hydrogen-bond donors (Lipinski definition) is 3. The molecule has 0 spiro atoms. The van der Waals surface area contributed by atoms with Gasteiger partial charge in [-0.1, -0.05) is 0 Å². The molecular weight excluding hydrogens is 316 g/mol. The second-order valence-corrected chi connectivity index (χ2v) is 5.95. The van der Waals surface area contributed by atoms with E-state index in [4.69, 9.17) is 11.6 Å². The quantitative estimate of drug-likeness (QED) is 0.674. The Labute approximate surface area is 139 Å². The minimum absolute atomic E-state index is 0.0781. The molecule has 0 aliphatic heterocycles. The lowest BCUT2D eigenvalue weighted by atomic mass is 10.1. The van der Waals surface area contributed by atoms with E-state index >= 15 is 0 Å². The zero-order chi connectivity index (χ0) is 16.2. The molecule has 1 atom stereocenters. The Kier molecular flexibility index (Phi) is 4.83. The van der Waals surface area contributed by atoms with Gasteiger partial charge in [-0.15, -0.1) is 11.6 Å². The van der Waals surface area contributed by atoms with Gasteiger partial charge in [0.05, 0.1) is 29.7 Å². The van der Waals surface area contributed by atoms with Crippen LogP contribution in [0.3, 0.4) is 0 Å². The summed E-state index contributed by atoms with van der Waals surface area (Å²) in [6, 6.07) is 5.74. The molecule has 1 aromatic carbocycles. The van der Waals surface area contributed by atoms with Crippen molar-refractivity contribution >= 4 is 23.2 Å². The van der Waals surface area contributed by atoms with Gasteiger partial charge < -0.3 is 20.3 Å². The van der Waals surface area contributed by atoms with Crippen molar-refractivity contribution in [1.82, 2.24) is 14.9 Å². The van der Waals surface area contributed by atoms with Crippen LogP contribution in [0.2, 0.25) is 0 Å². The van der Waals surface area contributed by atoms with Gasteiger partial charge in [-0.05, 0) is 31.0 Å². The maximum atomic E-state index is 12.2. The average molecular weight is 335 g/mol. The Morgan fingerprint density at radius 1 is 1.48 bits per heavy atom. The van der Waals surface area contributed by atoms with Crippen LogP contribution in [0.5, 0.6) is 0 Å². The summed E-state index contributed by atoms with van der Waals surface area (Å²) in [6.45, 7) is 0.304. The van der Waals surface area contributed by atoms with Crippen molar-refractivity contribution in [2.45, 2.75) is 25.0 Å². The van der Waals surface area contributed by atoms with Crippen LogP contribution in [0.25, 0.3) is 5.69 Å². The minimum Gasteiger partial charge on any atom is -0.390 e. The molecule has 2 aromatic rings. The zero-order valence-corrected chi connectivity index (χ0v) is 13.3. The molecule has 0 saturated heterocycles. The van der Waals surface area contributed by atoms with Crippen molar-refractivity contribution in [2.24, 2.45) is 0 Å². The van der Waals surface area contributed by atoms with E-state index in [1.165, 1.54) is 0 Å². The number of nitrogens with one attached hydrogen (secondary N) is 2. The van der Waals surface area contributed by atoms with Crippen molar-refractivity contribution in [3.05, 3.63) is 42.5 Å². The lowest BCUT2D eigenvalue weighted by Crippen LogP contribution is -2.26. The van der Waals surface area contributed by atoms with Gasteiger partial charge in [-0.2, -0.15) is 0 Å². The van der Waals surface area contributed by atoms with Crippen LogP contribution in [0.4, 0.5) is 5.69 Å². The topological polar surface area (TPSA) is 79.2 Å². The predicted octanol–water partition coefficient (Wildman–Crippen LogP) is 1.78. The van der Waals surface area contributed by atoms with Crippen LogP contribution < -0.4 is 10.6 Å². The van der Waals surface area contributed by atoms with E-state index in [2.05, 4.69) is 15.6 Å². The molecule has 3 N–H and O–H groups in total. The summed E-state index contributed by atoms with van der Waals surface area (Å²) in [5.74, 6) is 0.0700. The molecule has 122 valence electrons. The molecule has 3 rings (SSSR count). The third-order valence-corrected chi connectivity index (χ3v) is 4.02. The highest BCUT2D eigenvalue weighted by Crippen LogP contribution is 2.24. The Morgan fingerprint density at radius 2 is 2.30 bits per heavy atom. The zero-order valence-electron chi connectivity index (χ0n) is 12.6. The van der Waals surface area contributed by atoms with Crippen molar-refractivity contribution in [3.63, 3.8) is 0 Å². The summed E-state index contributed by atoms with van der Waals surface area (Å²) >= 11 is 5.63. The van der Waals surface area contributed by atoms with Crippen molar-refractivity contribution < 1.29 is 9.90 Å². The van der Waals surface area contributed by atoms with Gasteiger partial charge in [0.1, 0.15) is 0 Å². The van der Waals surface area contributed by atoms with E-state index in [-0.39, 0.29) is 11.8 Å². The number of hydrogen-bond acceptors (Lipinski definition) is 4. The molecule has 23 heavy (non-hydrogen) atoms. The van der Waals surface area contributed by atoms with Gasteiger partial charge in [0.25, 0.3) is 5.91 Å². The van der Waals surface area contributed by atoms with E-state index in [0.29, 0.717) is 18.2 Å². The van der Waals surface area contributed by atoms with Crippen molar-refractivity contribution in [2.75, 3.05) is 17.7 Å². The lowest BCUT2D eigenvalue weighted by Gasteiger charge is -2.16. The van der Waals surface area contributed by atoms with Crippen LogP contribution in [0.15, 0.2) is 36.9 Å². The number of anilines is 1. The molecule has 1 aromatic heterocycles. The number of nitrogens with zero attached hydrogens (tertiary/aromatic N) is 2. The number of amides is 1. The third-order valence-electron chi connectivity index (χ3n) is 3.66. The Morgan fingerprint density at radius 3 is 2.96 bits per heavy atom. The number of benzene rings is 1. The van der Waals surface area contributed by atoms with Crippen LogP contribution in [0, 0.1) is 0 Å². The number of imidazole rings is 1. The number of carbonyl (C=O) groups excluding carboxylic acids is 1. The van der Waals surface area contributed by atoms with E-state index in [9.17, 15) is 9.90 Å². The normalized spacial score (nSPS) is 15.2. The van der Waals surface area contributed by atoms with Crippen LogP contribution in [-0.4, -0.2) is 45.1 Å². The van der Waals surface area contributed by atoms with Gasteiger partial charge in [0.15, 0.2) is 0 Å². The Hall–Kier alpha value is -2.05. The Bertz CT molecular complexity index is 671. The van der Waals surface area contributed by atoms with Crippen LogP contribution in [-0.2, 0) is 0 Å². The molecule has 6 nitrogen and oxygen atoms in total. The number of halogens is 1. The second-order valence-electron chi connectivity index (χ2n) is 5.64. The third kappa shape index (κ3) is 4.03. The summed E-state index contributed by atoms with van der Waals surface area (Å²) in [5.41, 5.74) is 2.19. The molecule has 1 heterocycles. The van der Waals surface area contributed by atoms with Gasteiger partial charge in [-0.3, -0.25) is 4.79 Å². The molecule has 0 bridgehead atoms. The fourth-order valence-corrected chi connectivity index (χ4v) is 2.33. The summed E-state index contributed by atoms with van der Waals surface area (Å²) in [5, 5.41) is 15.8. The van der Waals surface area contributed by atoms with Crippen molar-refractivity contribution in [3.8, 4) is 5.69 Å². The number of aliphatic hydroxyl groups excluding tert-OH is 1. The first-order valence-corrected chi connectivity index (χ1v) is 8.12. The molecule has 0 radical (unpaired) electrons. The summed E-state index contributed by atoms with van der Waals surface area (Å²) < 4.78 is 1.85. The fourth-order valence-electron chi connectivity index (χ4n) is 2.22. The lowest BCUT2D eigenvalue weighted by molar-refractivity contribution is 0.0951. The minimum atomic E-state index is -0.656. The van der Waals surface area contributed by atoms with Gasteiger partial charge in [0, 0.05) is 30.5 Å². The maximum Gasteiger partial charge on any atom is 0.251 e. The number of aliphatic hydroxyl groups is 1. The molecular formula is C16H19ClN4O2. The van der Waals surface area contributed by atoms with Gasteiger partial charge in [0.2, 0.25) is 0 Å². The molecule has 7 heteroatoms. The number of alkyl halides is 1. The van der Waals surface area contributed by atoms with Crippen LogP contribution >= 0.6 is 11.6 Å². The largest absolute Gasteiger partial charge is 0.390 e. The second kappa shape index (κ2) is 7.02. The highest BCUT2D eigenvalue weighted by atomic mass is 35.5. The first-order valence-electron chi connectivity index (χ1n) is 7.58. The van der Waals surface area contributed by atoms with E-state index < -0.39 is 6.10 Å². The average Bonchev–Trinajstić information content (AvgIpc) is 3.22.